The highest BCUT2D eigenvalue weighted by atomic mass is 16.5. The van der Waals surface area contributed by atoms with Crippen LogP contribution in [-0.2, 0) is 20.7 Å². The predicted molar refractivity (Wildman–Crippen MR) is 108 cm³/mol. The fourth-order valence-corrected chi connectivity index (χ4v) is 3.66. The zero-order valence-corrected chi connectivity index (χ0v) is 16.5. The monoisotopic (exact) mass is 381 g/mol. The van der Waals surface area contributed by atoms with Gasteiger partial charge in [0.25, 0.3) is 5.91 Å². The third-order valence-corrected chi connectivity index (χ3v) is 5.07. The molecule has 0 radical (unpaired) electrons. The van der Waals surface area contributed by atoms with E-state index >= 15 is 0 Å². The third-order valence-electron chi connectivity index (χ3n) is 5.07. The van der Waals surface area contributed by atoms with Crippen molar-refractivity contribution in [1.29, 1.82) is 0 Å². The van der Waals surface area contributed by atoms with Crippen LogP contribution >= 0.6 is 0 Å². The minimum Gasteiger partial charge on any atom is -0.361 e. The topological polar surface area (TPSA) is 71.5 Å². The first-order valence-corrected chi connectivity index (χ1v) is 9.71. The molecule has 0 bridgehead atoms. The number of nitrogens with zero attached hydrogens (tertiary/aromatic N) is 2. The van der Waals surface area contributed by atoms with Crippen LogP contribution in [0.2, 0.25) is 0 Å². The first-order valence-electron chi connectivity index (χ1n) is 9.71. The molecule has 1 aliphatic heterocycles. The summed E-state index contributed by atoms with van der Waals surface area (Å²) in [5, 5.41) is 2.72. The summed E-state index contributed by atoms with van der Waals surface area (Å²) in [6, 6.07) is 12.0. The van der Waals surface area contributed by atoms with Gasteiger partial charge in [-0.2, -0.15) is 0 Å². The van der Waals surface area contributed by atoms with Gasteiger partial charge in [0, 0.05) is 38.8 Å². The number of ether oxygens (including phenoxy) is 1. The maximum atomic E-state index is 12.8. The molecule has 1 fully saturated rings. The molecule has 148 valence electrons. The number of carbonyl (C=O) groups excluding carboxylic acids is 2. The average Bonchev–Trinajstić information content (AvgIpc) is 2.74. The predicted octanol–water partition coefficient (Wildman–Crippen LogP) is 2.43. The number of amides is 2. The van der Waals surface area contributed by atoms with Gasteiger partial charge < -0.3 is 15.0 Å². The summed E-state index contributed by atoms with van der Waals surface area (Å²) < 4.78 is 6.01. The number of pyridine rings is 1. The lowest BCUT2D eigenvalue weighted by Gasteiger charge is -2.41. The fraction of sp³-hybridized carbons (Fsp3) is 0.409. The van der Waals surface area contributed by atoms with Gasteiger partial charge in [0.05, 0.1) is 13.2 Å². The number of morpholine rings is 1. The van der Waals surface area contributed by atoms with E-state index in [1.807, 2.05) is 37.3 Å². The van der Waals surface area contributed by atoms with Crippen molar-refractivity contribution in [1.82, 2.24) is 15.2 Å². The normalized spacial score (nSPS) is 19.3. The van der Waals surface area contributed by atoms with E-state index in [0.29, 0.717) is 26.0 Å². The molecule has 0 unspecified atom stereocenters. The van der Waals surface area contributed by atoms with Crippen LogP contribution in [0.3, 0.4) is 0 Å². The van der Waals surface area contributed by atoms with Crippen LogP contribution in [0, 0.1) is 0 Å². The maximum Gasteiger partial charge on any atom is 0.254 e. The van der Waals surface area contributed by atoms with Gasteiger partial charge in [-0.25, -0.2) is 0 Å². The smallest absolute Gasteiger partial charge is 0.254 e. The largest absolute Gasteiger partial charge is 0.361 e. The number of benzene rings is 1. The van der Waals surface area contributed by atoms with E-state index in [4.69, 9.17) is 4.74 Å². The summed E-state index contributed by atoms with van der Waals surface area (Å²) in [7, 11) is 1.60. The summed E-state index contributed by atoms with van der Waals surface area (Å²) in [6.07, 6.45) is 5.20. The van der Waals surface area contributed by atoms with Crippen molar-refractivity contribution in [2.45, 2.75) is 31.8 Å². The van der Waals surface area contributed by atoms with Gasteiger partial charge in [0.1, 0.15) is 0 Å². The van der Waals surface area contributed by atoms with Gasteiger partial charge in [0.15, 0.2) is 5.60 Å². The molecular formula is C22H27N3O3. The Bertz CT molecular complexity index is 825. The average molecular weight is 381 g/mol. The van der Waals surface area contributed by atoms with E-state index in [1.165, 1.54) is 0 Å². The van der Waals surface area contributed by atoms with Crippen LogP contribution < -0.4 is 5.32 Å². The zero-order valence-electron chi connectivity index (χ0n) is 16.5. The molecule has 3 rings (SSSR count). The highest BCUT2D eigenvalue weighted by Gasteiger charge is 2.44. The Morgan fingerprint density at radius 1 is 1.21 bits per heavy atom. The molecule has 1 aromatic carbocycles. The lowest BCUT2D eigenvalue weighted by atomic mass is 9.89. The van der Waals surface area contributed by atoms with Crippen molar-refractivity contribution < 1.29 is 14.3 Å². The highest BCUT2D eigenvalue weighted by molar-refractivity contribution is 5.87. The molecule has 2 amide bonds. The second kappa shape index (κ2) is 8.97. The van der Waals surface area contributed by atoms with E-state index in [-0.39, 0.29) is 18.4 Å². The quantitative estimate of drug-likeness (QED) is 0.834. The van der Waals surface area contributed by atoms with Crippen molar-refractivity contribution in [3.8, 4) is 11.1 Å². The van der Waals surface area contributed by atoms with Crippen LogP contribution in [0.1, 0.15) is 25.3 Å². The van der Waals surface area contributed by atoms with Crippen LogP contribution in [0.5, 0.6) is 0 Å². The molecule has 0 aliphatic carbocycles. The molecule has 0 spiro atoms. The number of aromatic nitrogens is 1. The Balaban J connectivity index is 1.87. The summed E-state index contributed by atoms with van der Waals surface area (Å²) in [4.78, 5) is 31.0. The van der Waals surface area contributed by atoms with Crippen molar-refractivity contribution in [2.24, 2.45) is 0 Å². The van der Waals surface area contributed by atoms with E-state index in [0.717, 1.165) is 23.1 Å². The molecule has 1 atom stereocenters. The van der Waals surface area contributed by atoms with Crippen molar-refractivity contribution >= 4 is 11.8 Å². The van der Waals surface area contributed by atoms with Gasteiger partial charge in [-0.05, 0) is 35.2 Å². The standard InChI is InChI=1S/C22H27N3O3/c1-3-5-20(26)25-12-13-28-22(16-25,21(27)23-2)15-17-6-4-7-19(14-17)18-8-10-24-11-9-18/h4,6-11,14H,3,5,12-13,15-16H2,1-2H3,(H,23,27)/t22-/m1/s1. The Kier molecular flexibility index (Phi) is 6.41. The number of hydrogen-bond acceptors (Lipinski definition) is 4. The van der Waals surface area contributed by atoms with E-state index in [2.05, 4.69) is 16.4 Å². The first-order chi connectivity index (χ1) is 13.6. The minimum atomic E-state index is -1.08. The second-order valence-corrected chi connectivity index (χ2v) is 7.10. The van der Waals surface area contributed by atoms with Gasteiger partial charge in [0.2, 0.25) is 5.91 Å². The molecular weight excluding hydrogens is 354 g/mol. The van der Waals surface area contributed by atoms with Gasteiger partial charge in [-0.1, -0.05) is 31.2 Å². The van der Waals surface area contributed by atoms with E-state index in [1.54, 1.807) is 24.3 Å². The van der Waals surface area contributed by atoms with Crippen molar-refractivity contribution in [2.75, 3.05) is 26.7 Å². The molecule has 2 aromatic rings. The van der Waals surface area contributed by atoms with E-state index < -0.39 is 5.60 Å². The van der Waals surface area contributed by atoms with Crippen LogP contribution in [0.4, 0.5) is 0 Å². The van der Waals surface area contributed by atoms with Crippen LogP contribution in [0.15, 0.2) is 48.8 Å². The number of rotatable bonds is 6. The molecule has 0 saturated carbocycles. The lowest BCUT2D eigenvalue weighted by Crippen LogP contribution is -2.61. The lowest BCUT2D eigenvalue weighted by molar-refractivity contribution is -0.165. The first kappa shape index (κ1) is 20.0. The molecule has 1 aromatic heterocycles. The van der Waals surface area contributed by atoms with Gasteiger partial charge >= 0.3 is 0 Å². The molecule has 6 heteroatoms. The number of nitrogens with one attached hydrogen (secondary N) is 1. The number of likely N-dealkylation sites (N-methyl/N-ethyl adjacent to an activating group) is 1. The van der Waals surface area contributed by atoms with Gasteiger partial charge in [-0.15, -0.1) is 0 Å². The van der Waals surface area contributed by atoms with Crippen LogP contribution in [0.25, 0.3) is 11.1 Å². The van der Waals surface area contributed by atoms with Gasteiger partial charge in [-0.3, -0.25) is 14.6 Å². The molecule has 1 saturated heterocycles. The summed E-state index contributed by atoms with van der Waals surface area (Å²) in [5.41, 5.74) is 2.03. The Morgan fingerprint density at radius 3 is 2.71 bits per heavy atom. The second-order valence-electron chi connectivity index (χ2n) is 7.10. The highest BCUT2D eigenvalue weighted by Crippen LogP contribution is 2.27. The Hall–Kier alpha value is -2.73. The van der Waals surface area contributed by atoms with Crippen molar-refractivity contribution in [3.05, 3.63) is 54.4 Å². The molecule has 2 heterocycles. The molecule has 28 heavy (non-hydrogen) atoms. The molecule has 1 aliphatic rings. The fourth-order valence-electron chi connectivity index (χ4n) is 3.66. The number of hydrogen-bond donors (Lipinski definition) is 1. The number of carbonyl (C=O) groups is 2. The third kappa shape index (κ3) is 4.39. The summed E-state index contributed by atoms with van der Waals surface area (Å²) in [5.74, 6) is -0.125. The summed E-state index contributed by atoms with van der Waals surface area (Å²) in [6.45, 7) is 3.13. The van der Waals surface area contributed by atoms with Crippen LogP contribution in [-0.4, -0.2) is 54.0 Å². The maximum absolute atomic E-state index is 12.8. The minimum absolute atomic E-state index is 0.0737. The molecule has 1 N–H and O–H groups in total. The van der Waals surface area contributed by atoms with E-state index in [9.17, 15) is 9.59 Å². The zero-order chi connectivity index (χ0) is 20.0. The summed E-state index contributed by atoms with van der Waals surface area (Å²) >= 11 is 0. The SMILES string of the molecule is CCCC(=O)N1CCO[C@@](Cc2cccc(-c3ccncc3)c2)(C(=O)NC)C1. The Morgan fingerprint density at radius 2 is 2.00 bits per heavy atom. The molecule has 6 nitrogen and oxygen atoms in total. The Labute approximate surface area is 165 Å². The van der Waals surface area contributed by atoms with Crippen molar-refractivity contribution in [3.63, 3.8) is 0 Å².